The Bertz CT molecular complexity index is 1230. The van der Waals surface area contributed by atoms with E-state index < -0.39 is 5.97 Å². The molecule has 3 aromatic heterocycles. The van der Waals surface area contributed by atoms with E-state index >= 15 is 0 Å². The Hall–Kier alpha value is -3.48. The lowest BCUT2D eigenvalue weighted by atomic mass is 10.0. The number of carboxylic acid groups (broad SMARTS) is 1. The fraction of sp³-hybridized carbons (Fsp3) is 0.238. The Labute approximate surface area is 160 Å². The molecule has 0 aliphatic heterocycles. The lowest BCUT2D eigenvalue weighted by Crippen LogP contribution is -2.21. The lowest BCUT2D eigenvalue weighted by Gasteiger charge is -2.07. The molecule has 0 aliphatic carbocycles. The van der Waals surface area contributed by atoms with Gasteiger partial charge in [-0.15, -0.1) is 0 Å². The summed E-state index contributed by atoms with van der Waals surface area (Å²) in [5, 5.41) is 14.0. The summed E-state index contributed by atoms with van der Waals surface area (Å²) in [5.41, 5.74) is 4.18. The lowest BCUT2D eigenvalue weighted by molar-refractivity contribution is -0.137. The van der Waals surface area contributed by atoms with Crippen LogP contribution in [0.1, 0.15) is 25.5 Å². The van der Waals surface area contributed by atoms with Crippen LogP contribution in [-0.2, 0) is 17.8 Å². The van der Waals surface area contributed by atoms with E-state index in [0.29, 0.717) is 23.9 Å². The number of hydrogen-bond acceptors (Lipinski definition) is 4. The third-order valence-corrected chi connectivity index (χ3v) is 4.84. The van der Waals surface area contributed by atoms with E-state index in [1.54, 1.807) is 16.9 Å². The van der Waals surface area contributed by atoms with Gasteiger partial charge in [0.25, 0.3) is 5.56 Å². The standard InChI is InChI=1S/C21H20N4O3/c1-2-16-19(14-7-4-3-5-8-14)20-22-13-15-17(25(20)23-16)10-12-24(21(15)28)11-6-9-18(26)27/h3-5,7-8,10,12-13H,2,6,9,11H2,1H3,(H,26,27). The maximum absolute atomic E-state index is 12.8. The Morgan fingerprint density at radius 2 is 1.96 bits per heavy atom. The minimum Gasteiger partial charge on any atom is -0.481 e. The predicted molar refractivity (Wildman–Crippen MR) is 106 cm³/mol. The number of aliphatic carboxylic acids is 1. The Morgan fingerprint density at radius 1 is 1.18 bits per heavy atom. The molecule has 0 spiro atoms. The third-order valence-electron chi connectivity index (χ3n) is 4.84. The van der Waals surface area contributed by atoms with E-state index in [-0.39, 0.29) is 12.0 Å². The van der Waals surface area contributed by atoms with Crippen molar-refractivity contribution in [2.24, 2.45) is 0 Å². The van der Waals surface area contributed by atoms with Crippen LogP contribution >= 0.6 is 0 Å². The van der Waals surface area contributed by atoms with Crippen LogP contribution in [0.4, 0.5) is 0 Å². The molecule has 0 unspecified atom stereocenters. The summed E-state index contributed by atoms with van der Waals surface area (Å²) < 4.78 is 3.26. The molecule has 0 saturated heterocycles. The van der Waals surface area contributed by atoms with Gasteiger partial charge in [-0.05, 0) is 24.5 Å². The van der Waals surface area contributed by atoms with Gasteiger partial charge < -0.3 is 9.67 Å². The van der Waals surface area contributed by atoms with E-state index in [4.69, 9.17) is 10.2 Å². The number of aryl methyl sites for hydroxylation is 2. The van der Waals surface area contributed by atoms with Crippen LogP contribution in [0, 0.1) is 0 Å². The fourth-order valence-electron chi connectivity index (χ4n) is 3.48. The van der Waals surface area contributed by atoms with Gasteiger partial charge >= 0.3 is 5.97 Å². The van der Waals surface area contributed by atoms with Gasteiger partial charge in [0.1, 0.15) is 0 Å². The first-order valence-electron chi connectivity index (χ1n) is 9.27. The molecule has 4 aromatic rings. The average Bonchev–Trinajstić information content (AvgIpc) is 3.09. The highest BCUT2D eigenvalue weighted by molar-refractivity contribution is 5.86. The molecular formula is C21H20N4O3. The van der Waals surface area contributed by atoms with Crippen molar-refractivity contribution in [3.8, 4) is 11.1 Å². The van der Waals surface area contributed by atoms with Crippen molar-refractivity contribution in [3.63, 3.8) is 0 Å². The first kappa shape index (κ1) is 17.9. The Morgan fingerprint density at radius 3 is 2.68 bits per heavy atom. The Balaban J connectivity index is 1.87. The molecule has 7 heteroatoms. The molecule has 0 atom stereocenters. The van der Waals surface area contributed by atoms with Gasteiger partial charge in [0.05, 0.1) is 16.6 Å². The van der Waals surface area contributed by atoms with Crippen molar-refractivity contribution < 1.29 is 9.90 Å². The van der Waals surface area contributed by atoms with Crippen molar-refractivity contribution in [1.82, 2.24) is 19.2 Å². The third kappa shape index (κ3) is 3.05. The molecule has 0 fully saturated rings. The van der Waals surface area contributed by atoms with Crippen molar-refractivity contribution in [2.45, 2.75) is 32.7 Å². The molecular weight excluding hydrogens is 356 g/mol. The molecule has 0 aliphatic rings. The largest absolute Gasteiger partial charge is 0.481 e. The maximum Gasteiger partial charge on any atom is 0.303 e. The van der Waals surface area contributed by atoms with Gasteiger partial charge in [-0.2, -0.15) is 5.10 Å². The topological polar surface area (TPSA) is 89.5 Å². The minimum atomic E-state index is -0.866. The highest BCUT2D eigenvalue weighted by Gasteiger charge is 2.17. The molecule has 7 nitrogen and oxygen atoms in total. The van der Waals surface area contributed by atoms with Crippen LogP contribution in [0.25, 0.3) is 27.7 Å². The maximum atomic E-state index is 12.8. The van der Waals surface area contributed by atoms with E-state index in [0.717, 1.165) is 28.9 Å². The summed E-state index contributed by atoms with van der Waals surface area (Å²) >= 11 is 0. The van der Waals surface area contributed by atoms with Gasteiger partial charge in [0, 0.05) is 30.9 Å². The summed E-state index contributed by atoms with van der Waals surface area (Å²) in [6, 6.07) is 11.8. The summed E-state index contributed by atoms with van der Waals surface area (Å²) in [4.78, 5) is 28.1. The van der Waals surface area contributed by atoms with Gasteiger partial charge in [-0.25, -0.2) is 9.50 Å². The smallest absolute Gasteiger partial charge is 0.303 e. The van der Waals surface area contributed by atoms with Gasteiger partial charge in [-0.1, -0.05) is 37.3 Å². The van der Waals surface area contributed by atoms with Crippen LogP contribution in [0.15, 0.2) is 53.6 Å². The molecule has 0 bridgehead atoms. The number of benzene rings is 1. The molecule has 142 valence electrons. The van der Waals surface area contributed by atoms with Gasteiger partial charge in [0.15, 0.2) is 5.65 Å². The van der Waals surface area contributed by atoms with Crippen LogP contribution in [0.3, 0.4) is 0 Å². The van der Waals surface area contributed by atoms with Crippen molar-refractivity contribution in [3.05, 3.63) is 64.8 Å². The fourth-order valence-corrected chi connectivity index (χ4v) is 3.48. The SMILES string of the molecule is CCc1nn2c(ncc3c(=O)n(CCCC(=O)O)ccc32)c1-c1ccccc1. The second-order valence-corrected chi connectivity index (χ2v) is 6.65. The van der Waals surface area contributed by atoms with E-state index in [2.05, 4.69) is 4.98 Å². The second kappa shape index (κ2) is 7.26. The highest BCUT2D eigenvalue weighted by atomic mass is 16.4. The average molecular weight is 376 g/mol. The van der Waals surface area contributed by atoms with Gasteiger partial charge in [-0.3, -0.25) is 9.59 Å². The molecule has 0 saturated carbocycles. The summed E-state index contributed by atoms with van der Waals surface area (Å²) in [5.74, 6) is -0.866. The number of hydrogen-bond donors (Lipinski definition) is 1. The van der Waals surface area contributed by atoms with E-state index in [1.807, 2.05) is 43.3 Å². The van der Waals surface area contributed by atoms with Crippen LogP contribution in [-0.4, -0.2) is 30.2 Å². The second-order valence-electron chi connectivity index (χ2n) is 6.65. The zero-order valence-corrected chi connectivity index (χ0v) is 15.5. The van der Waals surface area contributed by atoms with Crippen molar-refractivity contribution >= 4 is 22.5 Å². The number of carbonyl (C=O) groups is 1. The molecule has 28 heavy (non-hydrogen) atoms. The quantitative estimate of drug-likeness (QED) is 0.558. The van der Waals surface area contributed by atoms with E-state index in [9.17, 15) is 9.59 Å². The summed E-state index contributed by atoms with van der Waals surface area (Å²) in [7, 11) is 0. The number of carboxylic acids is 1. The summed E-state index contributed by atoms with van der Waals surface area (Å²) in [6.07, 6.45) is 4.47. The number of nitrogens with zero attached hydrogens (tertiary/aromatic N) is 4. The van der Waals surface area contributed by atoms with Crippen molar-refractivity contribution in [2.75, 3.05) is 0 Å². The molecule has 1 aromatic carbocycles. The number of aromatic nitrogens is 4. The number of pyridine rings is 1. The molecule has 0 radical (unpaired) electrons. The number of rotatable bonds is 6. The number of fused-ring (bicyclic) bond motifs is 3. The van der Waals surface area contributed by atoms with Crippen LogP contribution in [0.5, 0.6) is 0 Å². The first-order valence-corrected chi connectivity index (χ1v) is 9.27. The normalized spacial score (nSPS) is 11.3. The zero-order valence-electron chi connectivity index (χ0n) is 15.5. The van der Waals surface area contributed by atoms with Crippen LogP contribution < -0.4 is 5.56 Å². The monoisotopic (exact) mass is 376 g/mol. The van der Waals surface area contributed by atoms with Gasteiger partial charge in [0.2, 0.25) is 0 Å². The summed E-state index contributed by atoms with van der Waals surface area (Å²) in [6.45, 7) is 2.40. The Kier molecular flexibility index (Phi) is 4.65. The minimum absolute atomic E-state index is 0.0290. The highest BCUT2D eigenvalue weighted by Crippen LogP contribution is 2.29. The molecule has 1 N–H and O–H groups in total. The first-order chi connectivity index (χ1) is 13.6. The zero-order chi connectivity index (χ0) is 19.7. The van der Waals surface area contributed by atoms with Crippen molar-refractivity contribution in [1.29, 1.82) is 0 Å². The predicted octanol–water partition coefficient (Wildman–Crippen LogP) is 3.14. The van der Waals surface area contributed by atoms with E-state index in [1.165, 1.54) is 4.57 Å². The molecule has 4 rings (SSSR count). The molecule has 0 amide bonds. The van der Waals surface area contributed by atoms with Crippen LogP contribution in [0.2, 0.25) is 0 Å². The molecule has 3 heterocycles.